The molecule has 0 atom stereocenters. The minimum absolute atomic E-state index is 0.111. The number of amides is 1. The van der Waals surface area contributed by atoms with E-state index in [9.17, 15) is 9.18 Å². The average molecular weight is 400 g/mol. The third-order valence-corrected chi connectivity index (χ3v) is 5.84. The third-order valence-electron chi connectivity index (χ3n) is 4.94. The summed E-state index contributed by atoms with van der Waals surface area (Å²) in [4.78, 5) is 14.6. The highest BCUT2D eigenvalue weighted by Gasteiger charge is 2.29. The predicted octanol–water partition coefficient (Wildman–Crippen LogP) is 2.67. The maximum absolute atomic E-state index is 13.2. The van der Waals surface area contributed by atoms with Gasteiger partial charge in [-0.1, -0.05) is 18.7 Å². The molecule has 0 saturated heterocycles. The van der Waals surface area contributed by atoms with Gasteiger partial charge in [-0.15, -0.1) is 10.2 Å². The smallest absolute Gasteiger partial charge is 0.254 e. The van der Waals surface area contributed by atoms with E-state index in [1.165, 1.54) is 24.3 Å². The van der Waals surface area contributed by atoms with Gasteiger partial charge in [0, 0.05) is 43.9 Å². The molecule has 7 nitrogen and oxygen atoms in total. The van der Waals surface area contributed by atoms with Crippen LogP contribution in [0.15, 0.2) is 29.4 Å². The fourth-order valence-electron chi connectivity index (χ4n) is 3.50. The van der Waals surface area contributed by atoms with E-state index >= 15 is 0 Å². The first-order valence-corrected chi connectivity index (χ1v) is 10.1. The molecule has 1 aromatic carbocycles. The summed E-state index contributed by atoms with van der Waals surface area (Å²) in [6, 6.07) is 5.66. The molecule has 0 spiro atoms. The number of thioether (sulfide) groups is 1. The van der Waals surface area contributed by atoms with Crippen LogP contribution < -0.4 is 0 Å². The van der Waals surface area contributed by atoms with Gasteiger partial charge >= 0.3 is 0 Å². The molecule has 0 bridgehead atoms. The van der Waals surface area contributed by atoms with Crippen molar-refractivity contribution in [2.75, 3.05) is 12.3 Å². The summed E-state index contributed by atoms with van der Waals surface area (Å²) in [7, 11) is 3.84. The third kappa shape index (κ3) is 3.19. The van der Waals surface area contributed by atoms with Gasteiger partial charge in [-0.2, -0.15) is 5.10 Å². The van der Waals surface area contributed by atoms with E-state index in [1.807, 2.05) is 23.3 Å². The average Bonchev–Trinajstić information content (AvgIpc) is 3.22. The van der Waals surface area contributed by atoms with E-state index in [-0.39, 0.29) is 11.7 Å². The first-order valence-electron chi connectivity index (χ1n) is 9.11. The quantitative estimate of drug-likeness (QED) is 0.630. The zero-order valence-electron chi connectivity index (χ0n) is 16.0. The molecule has 1 amide bonds. The zero-order valence-corrected chi connectivity index (χ0v) is 16.8. The van der Waals surface area contributed by atoms with Crippen molar-refractivity contribution in [1.29, 1.82) is 0 Å². The standard InChI is InChI=1S/C19H21FN6OS/c1-4-28-19-22-21-17(24(19)2)16-14-11-26(10-9-15(14)25(3)23-16)18(27)12-5-7-13(20)8-6-12/h5-8H,4,9-11H2,1-3H3. The molecular weight excluding hydrogens is 379 g/mol. The number of fused-ring (bicyclic) bond motifs is 1. The second-order valence-corrected chi connectivity index (χ2v) is 7.91. The topological polar surface area (TPSA) is 68.8 Å². The summed E-state index contributed by atoms with van der Waals surface area (Å²) in [5.74, 6) is 1.14. The van der Waals surface area contributed by atoms with E-state index < -0.39 is 0 Å². The molecule has 1 aliphatic rings. The van der Waals surface area contributed by atoms with Crippen LogP contribution in [0.1, 0.15) is 28.5 Å². The lowest BCUT2D eigenvalue weighted by Crippen LogP contribution is -2.36. The number of hydrogen-bond acceptors (Lipinski definition) is 5. The normalized spacial score (nSPS) is 13.6. The molecule has 0 saturated carbocycles. The molecule has 0 N–H and O–H groups in total. The highest BCUT2D eigenvalue weighted by Crippen LogP contribution is 2.30. The largest absolute Gasteiger partial charge is 0.334 e. The number of benzene rings is 1. The van der Waals surface area contributed by atoms with Gasteiger partial charge in [0.25, 0.3) is 5.91 Å². The van der Waals surface area contributed by atoms with Crippen molar-refractivity contribution in [1.82, 2.24) is 29.4 Å². The maximum atomic E-state index is 13.2. The van der Waals surface area contributed by atoms with Crippen molar-refractivity contribution in [3.8, 4) is 11.5 Å². The van der Waals surface area contributed by atoms with E-state index in [1.54, 1.807) is 16.7 Å². The van der Waals surface area contributed by atoms with Crippen molar-refractivity contribution in [2.45, 2.75) is 25.0 Å². The van der Waals surface area contributed by atoms with E-state index in [2.05, 4.69) is 22.2 Å². The van der Waals surface area contributed by atoms with Crippen LogP contribution in [0.5, 0.6) is 0 Å². The Labute approximate surface area is 166 Å². The lowest BCUT2D eigenvalue weighted by molar-refractivity contribution is 0.0733. The van der Waals surface area contributed by atoms with Crippen LogP contribution in [-0.2, 0) is 27.1 Å². The number of aryl methyl sites for hydroxylation is 1. The molecule has 146 valence electrons. The van der Waals surface area contributed by atoms with Crippen molar-refractivity contribution >= 4 is 17.7 Å². The molecule has 0 aliphatic carbocycles. The predicted molar refractivity (Wildman–Crippen MR) is 104 cm³/mol. The first-order chi connectivity index (χ1) is 13.5. The summed E-state index contributed by atoms with van der Waals surface area (Å²) in [6.45, 7) is 3.11. The lowest BCUT2D eigenvalue weighted by atomic mass is 10.0. The van der Waals surface area contributed by atoms with E-state index in [0.717, 1.165) is 27.9 Å². The molecule has 3 aromatic rings. The van der Waals surface area contributed by atoms with Crippen LogP contribution in [0.2, 0.25) is 0 Å². The van der Waals surface area contributed by atoms with Gasteiger partial charge in [-0.25, -0.2) is 4.39 Å². The Morgan fingerprint density at radius 3 is 2.68 bits per heavy atom. The van der Waals surface area contributed by atoms with Crippen LogP contribution in [0, 0.1) is 5.82 Å². The highest BCUT2D eigenvalue weighted by atomic mass is 32.2. The number of carbonyl (C=O) groups is 1. The van der Waals surface area contributed by atoms with Gasteiger partial charge < -0.3 is 9.47 Å². The zero-order chi connectivity index (χ0) is 19.8. The Morgan fingerprint density at radius 2 is 1.96 bits per heavy atom. The molecule has 4 rings (SSSR count). The maximum Gasteiger partial charge on any atom is 0.254 e. The second kappa shape index (κ2) is 7.38. The molecule has 0 fully saturated rings. The number of rotatable bonds is 4. The Hall–Kier alpha value is -2.68. The highest BCUT2D eigenvalue weighted by molar-refractivity contribution is 7.99. The Balaban J connectivity index is 1.67. The van der Waals surface area contributed by atoms with Crippen LogP contribution in [0.25, 0.3) is 11.5 Å². The van der Waals surface area contributed by atoms with Crippen molar-refractivity contribution in [3.63, 3.8) is 0 Å². The summed E-state index contributed by atoms with van der Waals surface area (Å²) in [5.41, 5.74) is 3.33. The van der Waals surface area contributed by atoms with Crippen LogP contribution in [0.4, 0.5) is 4.39 Å². The monoisotopic (exact) mass is 400 g/mol. The lowest BCUT2D eigenvalue weighted by Gasteiger charge is -2.27. The van der Waals surface area contributed by atoms with Gasteiger partial charge in [0.2, 0.25) is 0 Å². The van der Waals surface area contributed by atoms with Gasteiger partial charge in [0.05, 0.1) is 6.54 Å². The van der Waals surface area contributed by atoms with Gasteiger partial charge in [0.1, 0.15) is 11.5 Å². The number of nitrogens with zero attached hydrogens (tertiary/aromatic N) is 6. The molecule has 1 aliphatic heterocycles. The Morgan fingerprint density at radius 1 is 1.21 bits per heavy atom. The number of halogens is 1. The molecule has 0 radical (unpaired) electrons. The molecule has 0 unspecified atom stereocenters. The minimum atomic E-state index is -0.352. The fourth-order valence-corrected chi connectivity index (χ4v) is 4.13. The molecule has 28 heavy (non-hydrogen) atoms. The Bertz CT molecular complexity index is 1030. The summed E-state index contributed by atoms with van der Waals surface area (Å²) in [6.07, 6.45) is 0.709. The fraction of sp³-hybridized carbons (Fsp3) is 0.368. The number of hydrogen-bond donors (Lipinski definition) is 0. The van der Waals surface area contributed by atoms with Crippen LogP contribution >= 0.6 is 11.8 Å². The SMILES string of the molecule is CCSc1nnc(-c2nn(C)c3c2CN(C(=O)c2ccc(F)cc2)CC3)n1C. The van der Waals surface area contributed by atoms with Gasteiger partial charge in [0.15, 0.2) is 11.0 Å². The van der Waals surface area contributed by atoms with E-state index in [4.69, 9.17) is 0 Å². The summed E-state index contributed by atoms with van der Waals surface area (Å²) >= 11 is 1.63. The molecule has 9 heteroatoms. The number of aromatic nitrogens is 5. The van der Waals surface area contributed by atoms with Crippen LogP contribution in [-0.4, -0.2) is 47.6 Å². The molecule has 2 aromatic heterocycles. The Kier molecular flexibility index (Phi) is 4.92. The summed E-state index contributed by atoms with van der Waals surface area (Å²) < 4.78 is 17.0. The van der Waals surface area contributed by atoms with Gasteiger partial charge in [-0.05, 0) is 30.0 Å². The van der Waals surface area contributed by atoms with Crippen molar-refractivity contribution < 1.29 is 9.18 Å². The number of carbonyl (C=O) groups excluding carboxylic acids is 1. The minimum Gasteiger partial charge on any atom is -0.334 e. The van der Waals surface area contributed by atoms with E-state index in [0.29, 0.717) is 30.9 Å². The summed E-state index contributed by atoms with van der Waals surface area (Å²) in [5, 5.41) is 14.1. The second-order valence-electron chi connectivity index (χ2n) is 6.68. The van der Waals surface area contributed by atoms with Gasteiger partial charge in [-0.3, -0.25) is 9.48 Å². The van der Waals surface area contributed by atoms with Crippen molar-refractivity contribution in [2.24, 2.45) is 14.1 Å². The van der Waals surface area contributed by atoms with Crippen LogP contribution in [0.3, 0.4) is 0 Å². The van der Waals surface area contributed by atoms with Crippen molar-refractivity contribution in [3.05, 3.63) is 46.9 Å². The molecular formula is C19H21FN6OS. The first kappa shape index (κ1) is 18.7. The molecule has 3 heterocycles.